The predicted octanol–water partition coefficient (Wildman–Crippen LogP) is 4.66. The molecule has 2 rings (SSSR count). The van der Waals surface area contributed by atoms with Crippen LogP contribution in [0.1, 0.15) is 52.9 Å². The van der Waals surface area contributed by atoms with Crippen LogP contribution in [-0.2, 0) is 0 Å². The topological polar surface area (TPSA) is 0 Å². The Morgan fingerprint density at radius 3 is 2.43 bits per heavy atom. The van der Waals surface area contributed by atoms with Crippen LogP contribution in [0.4, 0.5) is 0 Å². The summed E-state index contributed by atoms with van der Waals surface area (Å²) in [6.45, 7) is 10.4. The first-order valence-electron chi connectivity index (χ1n) is 6.44. The van der Waals surface area contributed by atoms with Gasteiger partial charge in [-0.3, -0.25) is 0 Å². The zero-order valence-electron chi connectivity index (χ0n) is 10.1. The first-order valence-corrected chi connectivity index (χ1v) is 6.44. The van der Waals surface area contributed by atoms with Crippen molar-refractivity contribution in [3.8, 4) is 0 Å². The molecule has 2 fully saturated rings. The quantitative estimate of drug-likeness (QED) is 0.532. The lowest BCUT2D eigenvalue weighted by Crippen LogP contribution is -2.22. The van der Waals surface area contributed by atoms with Crippen molar-refractivity contribution in [3.63, 3.8) is 0 Å². The number of hydrogen-bond acceptors (Lipinski definition) is 0. The highest BCUT2D eigenvalue weighted by Gasteiger charge is 2.37. The Labute approximate surface area is 89.8 Å². The van der Waals surface area contributed by atoms with Crippen molar-refractivity contribution in [2.24, 2.45) is 23.7 Å². The zero-order valence-corrected chi connectivity index (χ0v) is 10.1. The van der Waals surface area contributed by atoms with Crippen LogP contribution in [0, 0.1) is 23.7 Å². The van der Waals surface area contributed by atoms with Crippen molar-refractivity contribution in [2.45, 2.75) is 52.9 Å². The number of hydrogen-bond donors (Lipinski definition) is 0. The molecule has 0 bridgehead atoms. The summed E-state index contributed by atoms with van der Waals surface area (Å²) in [6.07, 6.45) is 9.54. The van der Waals surface area contributed by atoms with Crippen LogP contribution in [0.15, 0.2) is 12.7 Å². The summed E-state index contributed by atoms with van der Waals surface area (Å²) >= 11 is 0. The van der Waals surface area contributed by atoms with Gasteiger partial charge in [-0.1, -0.05) is 33.3 Å². The Morgan fingerprint density at radius 1 is 1.07 bits per heavy atom. The maximum absolute atomic E-state index is 3.95. The summed E-state index contributed by atoms with van der Waals surface area (Å²) in [5.41, 5.74) is 0. The molecule has 4 atom stereocenters. The summed E-state index contributed by atoms with van der Waals surface area (Å²) < 4.78 is 0. The van der Waals surface area contributed by atoms with E-state index in [2.05, 4.69) is 19.6 Å². The third-order valence-electron chi connectivity index (χ3n) is 4.03. The van der Waals surface area contributed by atoms with Crippen molar-refractivity contribution in [2.75, 3.05) is 0 Å². The van der Waals surface area contributed by atoms with Gasteiger partial charge in [0.1, 0.15) is 0 Å². The summed E-state index contributed by atoms with van der Waals surface area (Å²) in [5, 5.41) is 0. The fraction of sp³-hybridized carbons (Fsp3) is 0.857. The number of fused-ring (bicyclic) bond motifs is 1. The Morgan fingerprint density at radius 2 is 1.79 bits per heavy atom. The molecule has 0 nitrogen and oxygen atoms in total. The van der Waals surface area contributed by atoms with Gasteiger partial charge in [-0.2, -0.15) is 0 Å². The molecule has 14 heavy (non-hydrogen) atoms. The monoisotopic (exact) mass is 194 g/mol. The van der Waals surface area contributed by atoms with Gasteiger partial charge < -0.3 is 0 Å². The molecule has 0 aromatic heterocycles. The molecule has 4 unspecified atom stereocenters. The summed E-state index contributed by atoms with van der Waals surface area (Å²) in [4.78, 5) is 0. The lowest BCUT2D eigenvalue weighted by atomic mass is 9.74. The fourth-order valence-corrected chi connectivity index (χ4v) is 3.33. The summed E-state index contributed by atoms with van der Waals surface area (Å²) in [6, 6.07) is 0. The highest BCUT2D eigenvalue weighted by molar-refractivity contribution is 4.96. The first-order chi connectivity index (χ1) is 6.81. The Balaban J connectivity index is 0.000000461. The highest BCUT2D eigenvalue weighted by atomic mass is 14.4. The minimum Gasteiger partial charge on any atom is -0.103 e. The van der Waals surface area contributed by atoms with E-state index in [1.54, 1.807) is 0 Å². The molecule has 0 radical (unpaired) electrons. The van der Waals surface area contributed by atoms with Crippen LogP contribution in [0.5, 0.6) is 0 Å². The van der Waals surface area contributed by atoms with E-state index in [1.807, 2.05) is 13.8 Å². The van der Waals surface area contributed by atoms with Gasteiger partial charge >= 0.3 is 0 Å². The van der Waals surface area contributed by atoms with Crippen LogP contribution < -0.4 is 0 Å². The molecule has 2 aliphatic carbocycles. The molecule has 0 spiro atoms. The first kappa shape index (κ1) is 11.8. The van der Waals surface area contributed by atoms with E-state index in [-0.39, 0.29) is 0 Å². The lowest BCUT2D eigenvalue weighted by Gasteiger charge is -2.31. The largest absolute Gasteiger partial charge is 0.103 e. The smallest absolute Gasteiger partial charge is 0.0205 e. The summed E-state index contributed by atoms with van der Waals surface area (Å²) in [5.74, 6) is 3.92. The van der Waals surface area contributed by atoms with Crippen molar-refractivity contribution >= 4 is 0 Å². The van der Waals surface area contributed by atoms with E-state index in [0.29, 0.717) is 0 Å². The van der Waals surface area contributed by atoms with Crippen molar-refractivity contribution < 1.29 is 0 Å². The van der Waals surface area contributed by atoms with Crippen molar-refractivity contribution in [3.05, 3.63) is 12.7 Å². The lowest BCUT2D eigenvalue weighted by molar-refractivity contribution is 0.201. The molecule has 0 N–H and O–H groups in total. The van der Waals surface area contributed by atoms with Crippen LogP contribution in [0.3, 0.4) is 0 Å². The average Bonchev–Trinajstić information content (AvgIpc) is 2.62. The predicted molar refractivity (Wildman–Crippen MR) is 64.3 cm³/mol. The molecule has 0 heteroatoms. The van der Waals surface area contributed by atoms with E-state index in [1.165, 1.54) is 32.1 Å². The van der Waals surface area contributed by atoms with Crippen LogP contribution in [-0.4, -0.2) is 0 Å². The van der Waals surface area contributed by atoms with Crippen LogP contribution in [0.2, 0.25) is 0 Å². The third kappa shape index (κ3) is 2.40. The normalized spacial score (nSPS) is 40.8. The molecular weight excluding hydrogens is 168 g/mol. The molecule has 2 saturated carbocycles. The molecule has 0 saturated heterocycles. The van der Waals surface area contributed by atoms with Crippen molar-refractivity contribution in [1.82, 2.24) is 0 Å². The third-order valence-corrected chi connectivity index (χ3v) is 4.03. The number of rotatable bonds is 1. The van der Waals surface area contributed by atoms with E-state index in [9.17, 15) is 0 Å². The molecule has 0 amide bonds. The Hall–Kier alpha value is -0.260. The van der Waals surface area contributed by atoms with Gasteiger partial charge in [0.05, 0.1) is 0 Å². The van der Waals surface area contributed by atoms with Gasteiger partial charge in [-0.25, -0.2) is 0 Å². The van der Waals surface area contributed by atoms with Gasteiger partial charge in [-0.05, 0) is 49.4 Å². The van der Waals surface area contributed by atoms with Gasteiger partial charge in [0.25, 0.3) is 0 Å². The molecule has 0 aromatic rings. The molecular formula is C14H26. The minimum atomic E-state index is 0.863. The van der Waals surface area contributed by atoms with E-state index in [4.69, 9.17) is 0 Å². The second-order valence-electron chi connectivity index (χ2n) is 4.82. The minimum absolute atomic E-state index is 0.863. The Kier molecular flexibility index (Phi) is 4.71. The average molecular weight is 194 g/mol. The van der Waals surface area contributed by atoms with Crippen LogP contribution >= 0.6 is 0 Å². The van der Waals surface area contributed by atoms with Crippen LogP contribution in [0.25, 0.3) is 0 Å². The molecule has 0 aliphatic heterocycles. The van der Waals surface area contributed by atoms with E-state index < -0.39 is 0 Å². The molecule has 0 heterocycles. The SMILES string of the molecule is C=CC1CCC2CC(C)CCC12.CC. The van der Waals surface area contributed by atoms with E-state index >= 15 is 0 Å². The maximum atomic E-state index is 3.95. The van der Waals surface area contributed by atoms with Gasteiger partial charge in [0.2, 0.25) is 0 Å². The highest BCUT2D eigenvalue weighted by Crippen LogP contribution is 2.47. The van der Waals surface area contributed by atoms with Crippen molar-refractivity contribution in [1.29, 1.82) is 0 Å². The molecule has 0 aromatic carbocycles. The fourth-order valence-electron chi connectivity index (χ4n) is 3.33. The zero-order chi connectivity index (χ0) is 10.6. The standard InChI is InChI=1S/C12H20.C2H6/c1-3-10-5-6-11-8-9(2)4-7-12(10)11;1-2/h3,9-12H,1,4-8H2,2H3;1-2H3. The van der Waals surface area contributed by atoms with Gasteiger partial charge in [-0.15, -0.1) is 6.58 Å². The summed E-state index contributed by atoms with van der Waals surface area (Å²) in [7, 11) is 0. The maximum Gasteiger partial charge on any atom is -0.0205 e. The van der Waals surface area contributed by atoms with Gasteiger partial charge in [0.15, 0.2) is 0 Å². The second-order valence-corrected chi connectivity index (χ2v) is 4.82. The number of allylic oxidation sites excluding steroid dienone is 1. The molecule has 82 valence electrons. The second kappa shape index (κ2) is 5.58. The molecule has 2 aliphatic rings. The van der Waals surface area contributed by atoms with Gasteiger partial charge in [0, 0.05) is 0 Å². The Bertz CT molecular complexity index is 171. The van der Waals surface area contributed by atoms with E-state index in [0.717, 1.165) is 23.7 Å².